The number of carbonyl (C=O) groups excluding carboxylic acids is 1. The lowest BCUT2D eigenvalue weighted by atomic mass is 9.75. The Bertz CT molecular complexity index is 362. The van der Waals surface area contributed by atoms with Gasteiger partial charge in [-0.1, -0.05) is 25.3 Å². The number of hydrogen-bond acceptors (Lipinski definition) is 2. The summed E-state index contributed by atoms with van der Waals surface area (Å²) in [6, 6.07) is 0.567. The molecule has 1 amide bonds. The number of piperidine rings is 3. The molecule has 2 bridgehead atoms. The predicted molar refractivity (Wildman–Crippen MR) is 81.4 cm³/mol. The molecule has 4 atom stereocenters. The summed E-state index contributed by atoms with van der Waals surface area (Å²) in [7, 11) is 0. The Kier molecular flexibility index (Phi) is 4.45. The van der Waals surface area contributed by atoms with E-state index >= 15 is 0 Å². The molecule has 3 saturated heterocycles. The average Bonchev–Trinajstić information content (AvgIpc) is 2.53. The Morgan fingerprint density at radius 3 is 2.70 bits per heavy atom. The summed E-state index contributed by atoms with van der Waals surface area (Å²) in [4.78, 5) is 14.8. The van der Waals surface area contributed by atoms with E-state index in [1.54, 1.807) is 0 Å². The Morgan fingerprint density at radius 1 is 1.25 bits per heavy atom. The van der Waals surface area contributed by atoms with Crippen molar-refractivity contribution >= 4 is 5.91 Å². The molecule has 1 N–H and O–H groups in total. The van der Waals surface area contributed by atoms with Crippen molar-refractivity contribution in [2.45, 2.75) is 51.0 Å². The summed E-state index contributed by atoms with van der Waals surface area (Å²) < 4.78 is 0. The molecule has 0 aromatic heterocycles. The largest absolute Gasteiger partial charge is 0.354 e. The zero-order valence-corrected chi connectivity index (χ0v) is 12.5. The van der Waals surface area contributed by atoms with Crippen LogP contribution in [0, 0.1) is 17.8 Å². The van der Waals surface area contributed by atoms with Crippen LogP contribution in [-0.2, 0) is 4.79 Å². The van der Waals surface area contributed by atoms with Crippen LogP contribution in [0.3, 0.4) is 0 Å². The van der Waals surface area contributed by atoms with Gasteiger partial charge in [0.05, 0.1) is 0 Å². The number of hydrogen-bond donors (Lipinski definition) is 1. The Balaban J connectivity index is 1.47. The minimum Gasteiger partial charge on any atom is -0.354 e. The van der Waals surface area contributed by atoms with Crippen molar-refractivity contribution in [3.05, 3.63) is 12.7 Å². The molecule has 3 nitrogen and oxygen atoms in total. The standard InChI is InChI=1S/C17H28N2O/c1-2-13-12-19-9-8-15(13)10-16(19)11-18-17(20)14-6-4-3-5-7-14/h2,13-16H,1,3-12H2,(H,18,20)/t13-,15-,16+/m0/s1. The summed E-state index contributed by atoms with van der Waals surface area (Å²) >= 11 is 0. The molecule has 0 aromatic rings. The van der Waals surface area contributed by atoms with E-state index in [9.17, 15) is 4.79 Å². The monoisotopic (exact) mass is 276 g/mol. The van der Waals surface area contributed by atoms with E-state index in [2.05, 4.69) is 22.9 Å². The van der Waals surface area contributed by atoms with Gasteiger partial charge < -0.3 is 5.32 Å². The van der Waals surface area contributed by atoms with Crippen LogP contribution in [0.1, 0.15) is 44.9 Å². The summed E-state index contributed by atoms with van der Waals surface area (Å²) in [5.74, 6) is 2.08. The zero-order chi connectivity index (χ0) is 13.9. The Morgan fingerprint density at radius 2 is 2.05 bits per heavy atom. The van der Waals surface area contributed by atoms with Crippen LogP contribution >= 0.6 is 0 Å². The molecule has 0 aromatic carbocycles. The SMILES string of the molecule is C=C[C@H]1CN2CC[C@H]1C[C@@H]2CNC(=O)C1CCCCC1. The fourth-order valence-corrected chi connectivity index (χ4v) is 4.39. The normalized spacial score (nSPS) is 37.6. The molecular weight excluding hydrogens is 248 g/mol. The highest BCUT2D eigenvalue weighted by Gasteiger charge is 2.38. The maximum Gasteiger partial charge on any atom is 0.223 e. The first-order valence-electron chi connectivity index (χ1n) is 8.42. The second-order valence-electron chi connectivity index (χ2n) is 6.91. The van der Waals surface area contributed by atoms with Gasteiger partial charge in [0.2, 0.25) is 5.91 Å². The summed E-state index contributed by atoms with van der Waals surface area (Å²) in [5.41, 5.74) is 0. The Hall–Kier alpha value is -0.830. The van der Waals surface area contributed by atoms with Gasteiger partial charge >= 0.3 is 0 Å². The van der Waals surface area contributed by atoms with Gasteiger partial charge in [0, 0.05) is 25.0 Å². The van der Waals surface area contributed by atoms with Crippen molar-refractivity contribution < 1.29 is 4.79 Å². The maximum absolute atomic E-state index is 12.2. The van der Waals surface area contributed by atoms with Crippen LogP contribution in [0.15, 0.2) is 12.7 Å². The van der Waals surface area contributed by atoms with E-state index in [0.29, 0.717) is 23.8 Å². The molecule has 1 unspecified atom stereocenters. The zero-order valence-electron chi connectivity index (χ0n) is 12.5. The third-order valence-electron chi connectivity index (χ3n) is 5.72. The second kappa shape index (κ2) is 6.30. The van der Waals surface area contributed by atoms with Gasteiger partial charge in [-0.3, -0.25) is 9.69 Å². The van der Waals surface area contributed by atoms with Crippen molar-refractivity contribution in [1.82, 2.24) is 10.2 Å². The molecule has 4 fully saturated rings. The number of carbonyl (C=O) groups is 1. The number of nitrogens with one attached hydrogen (secondary N) is 1. The van der Waals surface area contributed by atoms with Crippen LogP contribution in [0.5, 0.6) is 0 Å². The van der Waals surface area contributed by atoms with Crippen LogP contribution in [0.25, 0.3) is 0 Å². The summed E-state index contributed by atoms with van der Waals surface area (Å²) in [5, 5.41) is 3.23. The third-order valence-corrected chi connectivity index (χ3v) is 5.72. The van der Waals surface area contributed by atoms with Crippen molar-refractivity contribution in [1.29, 1.82) is 0 Å². The maximum atomic E-state index is 12.2. The molecule has 0 spiro atoms. The van der Waals surface area contributed by atoms with E-state index in [-0.39, 0.29) is 0 Å². The number of amides is 1. The molecule has 1 saturated carbocycles. The van der Waals surface area contributed by atoms with Crippen molar-refractivity contribution in [3.8, 4) is 0 Å². The molecule has 20 heavy (non-hydrogen) atoms. The number of fused-ring (bicyclic) bond motifs is 3. The van der Waals surface area contributed by atoms with Crippen molar-refractivity contribution in [2.75, 3.05) is 19.6 Å². The highest BCUT2D eigenvalue weighted by molar-refractivity contribution is 5.78. The molecule has 1 aliphatic carbocycles. The van der Waals surface area contributed by atoms with E-state index < -0.39 is 0 Å². The summed E-state index contributed by atoms with van der Waals surface area (Å²) in [6.07, 6.45) is 10.7. The van der Waals surface area contributed by atoms with Gasteiger partial charge in [0.25, 0.3) is 0 Å². The molecule has 4 aliphatic rings. The van der Waals surface area contributed by atoms with E-state index in [1.165, 1.54) is 38.6 Å². The van der Waals surface area contributed by atoms with Crippen LogP contribution in [-0.4, -0.2) is 36.5 Å². The molecule has 3 heteroatoms. The fourth-order valence-electron chi connectivity index (χ4n) is 4.39. The van der Waals surface area contributed by atoms with Crippen LogP contribution in [0.2, 0.25) is 0 Å². The van der Waals surface area contributed by atoms with Gasteiger partial charge in [-0.25, -0.2) is 0 Å². The van der Waals surface area contributed by atoms with Gasteiger partial charge in [-0.05, 0) is 44.1 Å². The molecular formula is C17H28N2O. The topological polar surface area (TPSA) is 32.3 Å². The summed E-state index contributed by atoms with van der Waals surface area (Å²) in [6.45, 7) is 7.18. The van der Waals surface area contributed by atoms with Crippen LogP contribution in [0.4, 0.5) is 0 Å². The van der Waals surface area contributed by atoms with Crippen LogP contribution < -0.4 is 5.32 Å². The lowest BCUT2D eigenvalue weighted by Gasteiger charge is -2.49. The van der Waals surface area contributed by atoms with Gasteiger partial charge in [0.15, 0.2) is 0 Å². The second-order valence-corrected chi connectivity index (χ2v) is 6.91. The van der Waals surface area contributed by atoms with E-state index in [0.717, 1.165) is 31.8 Å². The first-order chi connectivity index (χ1) is 9.78. The van der Waals surface area contributed by atoms with Crippen molar-refractivity contribution in [3.63, 3.8) is 0 Å². The quantitative estimate of drug-likeness (QED) is 0.800. The van der Waals surface area contributed by atoms with Gasteiger partial charge in [-0.15, -0.1) is 6.58 Å². The van der Waals surface area contributed by atoms with Gasteiger partial charge in [0.1, 0.15) is 0 Å². The third kappa shape index (κ3) is 2.93. The van der Waals surface area contributed by atoms with E-state index in [1.807, 2.05) is 0 Å². The van der Waals surface area contributed by atoms with E-state index in [4.69, 9.17) is 0 Å². The highest BCUT2D eigenvalue weighted by Crippen LogP contribution is 2.36. The minimum atomic E-state index is 0.292. The first-order valence-corrected chi connectivity index (χ1v) is 8.42. The molecule has 0 radical (unpaired) electrons. The lowest BCUT2D eigenvalue weighted by molar-refractivity contribution is -0.126. The number of rotatable bonds is 4. The molecule has 112 valence electrons. The Labute approximate surface area is 122 Å². The van der Waals surface area contributed by atoms with Crippen molar-refractivity contribution in [2.24, 2.45) is 17.8 Å². The highest BCUT2D eigenvalue weighted by atomic mass is 16.1. The minimum absolute atomic E-state index is 0.292. The van der Waals surface area contributed by atoms with Gasteiger partial charge in [-0.2, -0.15) is 0 Å². The molecule has 3 aliphatic heterocycles. The average molecular weight is 276 g/mol. The predicted octanol–water partition coefficient (Wildman–Crippen LogP) is 2.58. The molecule has 4 rings (SSSR count). The number of nitrogens with zero attached hydrogens (tertiary/aromatic N) is 1. The first kappa shape index (κ1) is 14.1. The smallest absolute Gasteiger partial charge is 0.223 e. The fraction of sp³-hybridized carbons (Fsp3) is 0.824. The molecule has 3 heterocycles. The lowest BCUT2D eigenvalue weighted by Crippen LogP contribution is -2.56.